The summed E-state index contributed by atoms with van der Waals surface area (Å²) in [6.07, 6.45) is 1.65. The number of nitrogens with zero attached hydrogens (tertiary/aromatic N) is 1. The van der Waals surface area contributed by atoms with Crippen molar-refractivity contribution in [1.29, 1.82) is 0 Å². The molecule has 1 amide bonds. The van der Waals surface area contributed by atoms with Gasteiger partial charge in [-0.05, 0) is 37.8 Å². The van der Waals surface area contributed by atoms with Gasteiger partial charge in [0.25, 0.3) is 0 Å². The molecule has 0 spiro atoms. The zero-order valence-corrected chi connectivity index (χ0v) is 12.4. The highest BCUT2D eigenvalue weighted by Crippen LogP contribution is 2.31. The molecule has 1 saturated carbocycles. The number of nitrogens with one attached hydrogen (secondary N) is 2. The van der Waals surface area contributed by atoms with Crippen LogP contribution in [0.2, 0.25) is 0 Å². The van der Waals surface area contributed by atoms with E-state index in [1.165, 1.54) is 0 Å². The number of carbonyl (C=O) groups is 2. The Hall–Kier alpha value is -2.37. The molecule has 2 unspecified atom stereocenters. The van der Waals surface area contributed by atoms with Gasteiger partial charge in [0.1, 0.15) is 5.82 Å². The van der Waals surface area contributed by atoms with E-state index in [1.54, 1.807) is 0 Å². The molecule has 1 aliphatic rings. The number of aromatic amines is 1. The Kier molecular flexibility index (Phi) is 3.83. The summed E-state index contributed by atoms with van der Waals surface area (Å²) in [5, 5.41) is 11.8. The third-order valence-corrected chi connectivity index (χ3v) is 4.35. The molecular formula is C16H19N3O3. The van der Waals surface area contributed by atoms with E-state index in [1.807, 2.05) is 25.1 Å². The second-order valence-corrected chi connectivity index (χ2v) is 5.92. The van der Waals surface area contributed by atoms with Crippen LogP contribution in [-0.4, -0.2) is 27.0 Å². The Bertz CT molecular complexity index is 722. The van der Waals surface area contributed by atoms with Gasteiger partial charge in [-0.25, -0.2) is 4.98 Å². The number of aliphatic carboxylic acids is 1. The van der Waals surface area contributed by atoms with Crippen molar-refractivity contribution in [3.05, 3.63) is 29.6 Å². The standard InChI is InChI=1S/C16H19N3O3/c1-9-3-2-4-12-14(9)19-13(18-12)8-17-15(20)10-5-6-11(7-10)16(21)22/h2-4,10-11H,5-8H2,1H3,(H,17,20)(H,18,19)(H,21,22). The minimum absolute atomic E-state index is 0.0825. The highest BCUT2D eigenvalue weighted by atomic mass is 16.4. The van der Waals surface area contributed by atoms with Crippen LogP contribution >= 0.6 is 0 Å². The van der Waals surface area contributed by atoms with Gasteiger partial charge in [0, 0.05) is 5.92 Å². The minimum atomic E-state index is -0.803. The topological polar surface area (TPSA) is 95.1 Å². The number of hydrogen-bond acceptors (Lipinski definition) is 3. The van der Waals surface area contributed by atoms with E-state index >= 15 is 0 Å². The second kappa shape index (κ2) is 5.79. The Morgan fingerprint density at radius 1 is 1.36 bits per heavy atom. The molecule has 0 saturated heterocycles. The van der Waals surface area contributed by atoms with Crippen molar-refractivity contribution in [2.24, 2.45) is 11.8 Å². The normalized spacial score (nSPS) is 21.1. The number of carboxylic acids is 1. The first-order valence-corrected chi connectivity index (χ1v) is 7.49. The van der Waals surface area contributed by atoms with Crippen LogP contribution in [-0.2, 0) is 16.1 Å². The average molecular weight is 301 g/mol. The van der Waals surface area contributed by atoms with Gasteiger partial charge in [0.05, 0.1) is 23.5 Å². The van der Waals surface area contributed by atoms with E-state index < -0.39 is 5.97 Å². The van der Waals surface area contributed by atoms with Crippen molar-refractivity contribution in [3.8, 4) is 0 Å². The van der Waals surface area contributed by atoms with Crippen molar-refractivity contribution in [1.82, 2.24) is 15.3 Å². The fourth-order valence-corrected chi connectivity index (χ4v) is 3.07. The number of aromatic nitrogens is 2. The van der Waals surface area contributed by atoms with E-state index in [0.29, 0.717) is 31.6 Å². The number of H-pyrrole nitrogens is 1. The maximum absolute atomic E-state index is 12.1. The summed E-state index contributed by atoms with van der Waals surface area (Å²) in [6.45, 7) is 2.33. The number of para-hydroxylation sites is 1. The van der Waals surface area contributed by atoms with Gasteiger partial charge < -0.3 is 15.4 Å². The summed E-state index contributed by atoms with van der Waals surface area (Å²) >= 11 is 0. The van der Waals surface area contributed by atoms with Gasteiger partial charge in [0.15, 0.2) is 0 Å². The summed E-state index contributed by atoms with van der Waals surface area (Å²) in [6, 6.07) is 5.91. The highest BCUT2D eigenvalue weighted by Gasteiger charge is 2.33. The third-order valence-electron chi connectivity index (χ3n) is 4.35. The SMILES string of the molecule is Cc1cccc2[nH]c(CNC(=O)C3CCC(C(=O)O)C3)nc12. The molecule has 3 rings (SSSR count). The lowest BCUT2D eigenvalue weighted by Gasteiger charge is -2.09. The summed E-state index contributed by atoms with van der Waals surface area (Å²) in [5.74, 6) is -0.758. The van der Waals surface area contributed by atoms with Crippen LogP contribution in [0.15, 0.2) is 18.2 Å². The number of hydrogen-bond donors (Lipinski definition) is 3. The summed E-state index contributed by atoms with van der Waals surface area (Å²) in [5.41, 5.74) is 2.96. The van der Waals surface area contributed by atoms with Crippen molar-refractivity contribution in [2.45, 2.75) is 32.7 Å². The molecule has 1 fully saturated rings. The largest absolute Gasteiger partial charge is 0.481 e. The quantitative estimate of drug-likeness (QED) is 0.804. The van der Waals surface area contributed by atoms with Gasteiger partial charge in [-0.2, -0.15) is 0 Å². The molecule has 1 aromatic heterocycles. The molecule has 2 aromatic rings. The monoisotopic (exact) mass is 301 g/mol. The fraction of sp³-hybridized carbons (Fsp3) is 0.438. The summed E-state index contributed by atoms with van der Waals surface area (Å²) in [7, 11) is 0. The molecule has 22 heavy (non-hydrogen) atoms. The number of benzene rings is 1. The van der Waals surface area contributed by atoms with Gasteiger partial charge in [-0.1, -0.05) is 12.1 Å². The van der Waals surface area contributed by atoms with E-state index in [-0.39, 0.29) is 17.7 Å². The van der Waals surface area contributed by atoms with E-state index in [0.717, 1.165) is 16.6 Å². The van der Waals surface area contributed by atoms with Crippen LogP contribution in [0.1, 0.15) is 30.7 Å². The maximum atomic E-state index is 12.1. The van der Waals surface area contributed by atoms with E-state index in [2.05, 4.69) is 15.3 Å². The smallest absolute Gasteiger partial charge is 0.306 e. The number of carboxylic acid groups (broad SMARTS) is 1. The molecule has 1 aliphatic carbocycles. The van der Waals surface area contributed by atoms with Crippen LogP contribution in [0.5, 0.6) is 0 Å². The number of amides is 1. The maximum Gasteiger partial charge on any atom is 0.306 e. The molecule has 2 atom stereocenters. The van der Waals surface area contributed by atoms with Gasteiger partial charge in [0.2, 0.25) is 5.91 Å². The third kappa shape index (κ3) is 2.81. The zero-order chi connectivity index (χ0) is 15.7. The van der Waals surface area contributed by atoms with Crippen molar-refractivity contribution in [2.75, 3.05) is 0 Å². The fourth-order valence-electron chi connectivity index (χ4n) is 3.07. The first kappa shape index (κ1) is 14.6. The van der Waals surface area contributed by atoms with Crippen molar-refractivity contribution in [3.63, 3.8) is 0 Å². The molecule has 0 bridgehead atoms. The van der Waals surface area contributed by atoms with E-state index in [9.17, 15) is 9.59 Å². The Morgan fingerprint density at radius 2 is 2.14 bits per heavy atom. The lowest BCUT2D eigenvalue weighted by atomic mass is 10.0. The number of imidazole rings is 1. The molecule has 3 N–H and O–H groups in total. The first-order chi connectivity index (χ1) is 10.5. The van der Waals surface area contributed by atoms with Crippen LogP contribution in [0, 0.1) is 18.8 Å². The lowest BCUT2D eigenvalue weighted by molar-refractivity contribution is -0.141. The molecule has 1 aromatic carbocycles. The summed E-state index contributed by atoms with van der Waals surface area (Å²) < 4.78 is 0. The number of carbonyl (C=O) groups excluding carboxylic acids is 1. The van der Waals surface area contributed by atoms with Crippen LogP contribution < -0.4 is 5.32 Å². The Labute approximate surface area is 127 Å². The van der Waals surface area contributed by atoms with Crippen LogP contribution in [0.3, 0.4) is 0 Å². The Balaban J connectivity index is 1.61. The highest BCUT2D eigenvalue weighted by molar-refractivity contribution is 5.81. The van der Waals surface area contributed by atoms with Gasteiger partial charge in [-0.15, -0.1) is 0 Å². The van der Waals surface area contributed by atoms with Crippen molar-refractivity contribution >= 4 is 22.9 Å². The number of aryl methyl sites for hydroxylation is 1. The molecule has 1 heterocycles. The second-order valence-electron chi connectivity index (χ2n) is 5.92. The predicted molar refractivity (Wildman–Crippen MR) is 81.1 cm³/mol. The van der Waals surface area contributed by atoms with E-state index in [4.69, 9.17) is 5.11 Å². The number of fused-ring (bicyclic) bond motifs is 1. The van der Waals surface area contributed by atoms with Crippen molar-refractivity contribution < 1.29 is 14.7 Å². The zero-order valence-electron chi connectivity index (χ0n) is 12.4. The average Bonchev–Trinajstić information content (AvgIpc) is 3.12. The molecule has 0 radical (unpaired) electrons. The molecule has 0 aliphatic heterocycles. The molecule has 6 nitrogen and oxygen atoms in total. The first-order valence-electron chi connectivity index (χ1n) is 7.49. The molecule has 116 valence electrons. The minimum Gasteiger partial charge on any atom is -0.481 e. The van der Waals surface area contributed by atoms with Gasteiger partial charge >= 0.3 is 5.97 Å². The lowest BCUT2D eigenvalue weighted by Crippen LogP contribution is -2.29. The summed E-state index contributed by atoms with van der Waals surface area (Å²) in [4.78, 5) is 30.7. The number of rotatable bonds is 4. The van der Waals surface area contributed by atoms with Crippen LogP contribution in [0.25, 0.3) is 11.0 Å². The Morgan fingerprint density at radius 3 is 2.82 bits per heavy atom. The van der Waals surface area contributed by atoms with Crippen LogP contribution in [0.4, 0.5) is 0 Å². The predicted octanol–water partition coefficient (Wildman–Crippen LogP) is 1.99. The van der Waals surface area contributed by atoms with Gasteiger partial charge in [-0.3, -0.25) is 9.59 Å². The molecule has 6 heteroatoms. The molecular weight excluding hydrogens is 282 g/mol.